The number of nitriles is 1. The van der Waals surface area contributed by atoms with Crippen LogP contribution in [0.5, 0.6) is 0 Å². The summed E-state index contributed by atoms with van der Waals surface area (Å²) >= 11 is 0. The van der Waals surface area contributed by atoms with Crippen molar-refractivity contribution in [3.05, 3.63) is 59.6 Å². The number of rotatable bonds is 3. The van der Waals surface area contributed by atoms with Crippen LogP contribution in [0.1, 0.15) is 17.1 Å². The van der Waals surface area contributed by atoms with Crippen molar-refractivity contribution in [2.75, 3.05) is 5.32 Å². The number of anilines is 1. The molecule has 0 aliphatic rings. The normalized spacial score (nSPS) is 10.3. The maximum atomic E-state index is 11.6. The lowest BCUT2D eigenvalue weighted by Crippen LogP contribution is -2.07. The van der Waals surface area contributed by atoms with Gasteiger partial charge in [-0.25, -0.2) is 0 Å². The molecule has 4 heteroatoms. The van der Waals surface area contributed by atoms with E-state index in [0.29, 0.717) is 17.0 Å². The van der Waals surface area contributed by atoms with E-state index in [1.54, 1.807) is 36.4 Å². The van der Waals surface area contributed by atoms with E-state index in [1.165, 1.54) is 6.08 Å². The first-order valence-electron chi connectivity index (χ1n) is 5.73. The van der Waals surface area contributed by atoms with Crippen LogP contribution in [0.2, 0.25) is 0 Å². The summed E-state index contributed by atoms with van der Waals surface area (Å²) < 4.78 is 5.31. The number of hydrogen-bond donors (Lipinski definition) is 1. The van der Waals surface area contributed by atoms with Crippen molar-refractivity contribution >= 4 is 17.7 Å². The summed E-state index contributed by atoms with van der Waals surface area (Å²) in [7, 11) is 0. The number of benzene rings is 1. The van der Waals surface area contributed by atoms with E-state index < -0.39 is 0 Å². The monoisotopic (exact) mass is 252 g/mol. The molecule has 0 saturated heterocycles. The van der Waals surface area contributed by atoms with Crippen LogP contribution < -0.4 is 5.32 Å². The molecular weight excluding hydrogens is 240 g/mol. The fourth-order valence-corrected chi connectivity index (χ4v) is 1.51. The van der Waals surface area contributed by atoms with Crippen molar-refractivity contribution in [2.24, 2.45) is 0 Å². The topological polar surface area (TPSA) is 66.0 Å². The zero-order chi connectivity index (χ0) is 13.7. The van der Waals surface area contributed by atoms with Crippen molar-refractivity contribution in [3.63, 3.8) is 0 Å². The molecule has 0 spiro atoms. The Bertz CT molecular complexity index is 646. The first-order valence-corrected chi connectivity index (χ1v) is 5.73. The van der Waals surface area contributed by atoms with Gasteiger partial charge in [-0.15, -0.1) is 0 Å². The van der Waals surface area contributed by atoms with Gasteiger partial charge in [0.2, 0.25) is 5.91 Å². The molecule has 94 valence electrons. The molecule has 1 N–H and O–H groups in total. The Balaban J connectivity index is 1.97. The van der Waals surface area contributed by atoms with Crippen LogP contribution in [0.25, 0.3) is 6.08 Å². The second kappa shape index (κ2) is 5.69. The van der Waals surface area contributed by atoms with Crippen LogP contribution >= 0.6 is 0 Å². The molecule has 0 aliphatic carbocycles. The molecule has 2 aromatic rings. The maximum absolute atomic E-state index is 11.6. The second-order valence-corrected chi connectivity index (χ2v) is 3.96. The largest absolute Gasteiger partial charge is 0.462 e. The molecular formula is C15H12N2O2. The number of amides is 1. The Hall–Kier alpha value is -2.80. The fourth-order valence-electron chi connectivity index (χ4n) is 1.51. The molecule has 1 aromatic carbocycles. The zero-order valence-corrected chi connectivity index (χ0v) is 10.4. The molecule has 0 bridgehead atoms. The zero-order valence-electron chi connectivity index (χ0n) is 10.4. The van der Waals surface area contributed by atoms with Crippen LogP contribution in [-0.2, 0) is 4.79 Å². The highest BCUT2D eigenvalue weighted by Crippen LogP contribution is 2.10. The number of aryl methyl sites for hydroxylation is 1. The Morgan fingerprint density at radius 3 is 2.58 bits per heavy atom. The molecule has 2 rings (SSSR count). The van der Waals surface area contributed by atoms with Gasteiger partial charge in [-0.05, 0) is 49.4 Å². The fraction of sp³-hybridized carbons (Fsp3) is 0.0667. The minimum absolute atomic E-state index is 0.251. The molecule has 0 unspecified atom stereocenters. The molecule has 0 saturated carbocycles. The Labute approximate surface area is 111 Å². The van der Waals surface area contributed by atoms with Gasteiger partial charge in [-0.2, -0.15) is 5.26 Å². The van der Waals surface area contributed by atoms with Gasteiger partial charge < -0.3 is 9.73 Å². The predicted molar refractivity (Wildman–Crippen MR) is 72.3 cm³/mol. The van der Waals surface area contributed by atoms with E-state index in [4.69, 9.17) is 9.68 Å². The van der Waals surface area contributed by atoms with Crippen molar-refractivity contribution < 1.29 is 9.21 Å². The van der Waals surface area contributed by atoms with Crippen molar-refractivity contribution in [2.45, 2.75) is 6.92 Å². The minimum atomic E-state index is -0.251. The van der Waals surface area contributed by atoms with Gasteiger partial charge >= 0.3 is 0 Å². The summed E-state index contributed by atoms with van der Waals surface area (Å²) in [6, 6.07) is 12.3. The quantitative estimate of drug-likeness (QED) is 0.853. The van der Waals surface area contributed by atoms with Crippen LogP contribution in [-0.4, -0.2) is 5.91 Å². The van der Waals surface area contributed by atoms with Gasteiger partial charge in [0.1, 0.15) is 11.5 Å². The first-order chi connectivity index (χ1) is 9.17. The Morgan fingerprint density at radius 2 is 2.00 bits per heavy atom. The lowest BCUT2D eigenvalue weighted by Gasteiger charge is -2.01. The first kappa shape index (κ1) is 12.7. The predicted octanol–water partition coefficient (Wildman–Crippen LogP) is 3.11. The summed E-state index contributed by atoms with van der Waals surface area (Å²) in [6.07, 6.45) is 3.00. The van der Waals surface area contributed by atoms with E-state index in [1.807, 2.05) is 19.1 Å². The van der Waals surface area contributed by atoms with Gasteiger partial charge in [-0.3, -0.25) is 4.79 Å². The second-order valence-electron chi connectivity index (χ2n) is 3.96. The lowest BCUT2D eigenvalue weighted by molar-refractivity contribution is -0.111. The average molecular weight is 252 g/mol. The highest BCUT2D eigenvalue weighted by atomic mass is 16.3. The number of carbonyl (C=O) groups is 1. The van der Waals surface area contributed by atoms with Crippen molar-refractivity contribution in [1.82, 2.24) is 0 Å². The molecule has 0 atom stereocenters. The summed E-state index contributed by atoms with van der Waals surface area (Å²) in [6.45, 7) is 1.84. The summed E-state index contributed by atoms with van der Waals surface area (Å²) in [4.78, 5) is 11.6. The van der Waals surface area contributed by atoms with Gasteiger partial charge in [0, 0.05) is 11.8 Å². The highest BCUT2D eigenvalue weighted by Gasteiger charge is 1.99. The molecule has 19 heavy (non-hydrogen) atoms. The third-order valence-electron chi connectivity index (χ3n) is 2.44. The molecule has 0 aliphatic heterocycles. The molecule has 1 heterocycles. The third-order valence-corrected chi connectivity index (χ3v) is 2.44. The van der Waals surface area contributed by atoms with E-state index in [9.17, 15) is 4.79 Å². The van der Waals surface area contributed by atoms with E-state index in [0.717, 1.165) is 5.76 Å². The average Bonchev–Trinajstić information content (AvgIpc) is 2.83. The van der Waals surface area contributed by atoms with Gasteiger partial charge in [-0.1, -0.05) is 0 Å². The summed E-state index contributed by atoms with van der Waals surface area (Å²) in [5.74, 6) is 1.18. The number of nitrogens with zero attached hydrogens (tertiary/aromatic N) is 1. The smallest absolute Gasteiger partial charge is 0.248 e. The van der Waals surface area contributed by atoms with E-state index >= 15 is 0 Å². The van der Waals surface area contributed by atoms with Crippen LogP contribution in [0.4, 0.5) is 5.69 Å². The van der Waals surface area contributed by atoms with E-state index in [2.05, 4.69) is 5.32 Å². The molecule has 1 aromatic heterocycles. The molecule has 1 amide bonds. The highest BCUT2D eigenvalue weighted by molar-refractivity contribution is 6.01. The lowest BCUT2D eigenvalue weighted by atomic mass is 10.2. The summed E-state index contributed by atoms with van der Waals surface area (Å²) in [5.41, 5.74) is 1.20. The maximum Gasteiger partial charge on any atom is 0.248 e. The Morgan fingerprint density at radius 1 is 1.26 bits per heavy atom. The van der Waals surface area contributed by atoms with Gasteiger partial charge in [0.25, 0.3) is 0 Å². The minimum Gasteiger partial charge on any atom is -0.462 e. The van der Waals surface area contributed by atoms with Crippen molar-refractivity contribution in [3.8, 4) is 6.07 Å². The number of nitrogens with one attached hydrogen (secondary N) is 1. The van der Waals surface area contributed by atoms with Gasteiger partial charge in [0.05, 0.1) is 11.6 Å². The molecule has 0 radical (unpaired) electrons. The van der Waals surface area contributed by atoms with E-state index in [-0.39, 0.29) is 5.91 Å². The number of furan rings is 1. The van der Waals surface area contributed by atoms with Gasteiger partial charge in [0.15, 0.2) is 0 Å². The Kier molecular flexibility index (Phi) is 3.79. The van der Waals surface area contributed by atoms with Crippen LogP contribution in [0.3, 0.4) is 0 Å². The van der Waals surface area contributed by atoms with Crippen LogP contribution in [0, 0.1) is 18.3 Å². The standard InChI is InChI=1S/C15H12N2O2/c1-11-2-7-14(19-11)8-9-15(18)17-13-5-3-12(10-16)4-6-13/h2-9H,1H3,(H,17,18)/b9-8+. The summed E-state index contributed by atoms with van der Waals surface area (Å²) in [5, 5.41) is 11.4. The molecule has 0 fully saturated rings. The SMILES string of the molecule is Cc1ccc(/C=C/C(=O)Nc2ccc(C#N)cc2)o1. The van der Waals surface area contributed by atoms with Crippen LogP contribution in [0.15, 0.2) is 46.9 Å². The third kappa shape index (κ3) is 3.58. The number of carbonyl (C=O) groups excluding carboxylic acids is 1. The molecule has 4 nitrogen and oxygen atoms in total. The van der Waals surface area contributed by atoms with Crippen molar-refractivity contribution in [1.29, 1.82) is 5.26 Å². The number of hydrogen-bond acceptors (Lipinski definition) is 3.